The number of fused-ring (bicyclic) bond motifs is 1. The van der Waals surface area contributed by atoms with Gasteiger partial charge in [-0.2, -0.15) is 0 Å². The largest absolute Gasteiger partial charge is 0.365 e. The Morgan fingerprint density at radius 2 is 2.18 bits per heavy atom. The van der Waals surface area contributed by atoms with Crippen molar-refractivity contribution in [3.63, 3.8) is 0 Å². The number of hydrogen-bond acceptors (Lipinski definition) is 6. The molecule has 0 atom stereocenters. The zero-order chi connectivity index (χ0) is 15.7. The van der Waals surface area contributed by atoms with E-state index in [2.05, 4.69) is 15.3 Å². The fourth-order valence-electron chi connectivity index (χ4n) is 2.12. The molecule has 0 aliphatic carbocycles. The summed E-state index contributed by atoms with van der Waals surface area (Å²) in [6.07, 6.45) is 0. The summed E-state index contributed by atoms with van der Waals surface area (Å²) in [5, 5.41) is 15.0. The molecule has 0 fully saturated rings. The van der Waals surface area contributed by atoms with E-state index in [-0.39, 0.29) is 11.0 Å². The molecule has 6 nitrogen and oxygen atoms in total. The minimum Gasteiger partial charge on any atom is -0.365 e. The Bertz CT molecular complexity index is 865. The van der Waals surface area contributed by atoms with Crippen LogP contribution < -0.4 is 5.32 Å². The maximum Gasteiger partial charge on any atom is 0.269 e. The molecule has 8 heteroatoms. The van der Waals surface area contributed by atoms with Crippen molar-refractivity contribution in [3.8, 4) is 0 Å². The van der Waals surface area contributed by atoms with E-state index in [9.17, 15) is 10.1 Å². The van der Waals surface area contributed by atoms with Crippen molar-refractivity contribution in [3.05, 3.63) is 56.2 Å². The summed E-state index contributed by atoms with van der Waals surface area (Å²) in [6.45, 7) is 2.41. The van der Waals surface area contributed by atoms with E-state index in [1.165, 1.54) is 12.1 Å². The Kier molecular flexibility index (Phi) is 3.91. The average molecular weight is 335 g/mol. The molecule has 1 aromatic carbocycles. The lowest BCUT2D eigenvalue weighted by molar-refractivity contribution is -0.384. The van der Waals surface area contributed by atoms with Crippen molar-refractivity contribution >= 4 is 44.7 Å². The predicted octanol–water partition coefficient (Wildman–Crippen LogP) is 4.17. The van der Waals surface area contributed by atoms with Crippen molar-refractivity contribution in [2.45, 2.75) is 13.5 Å². The van der Waals surface area contributed by atoms with Crippen LogP contribution in [0.1, 0.15) is 10.4 Å². The molecule has 0 aliphatic rings. The van der Waals surface area contributed by atoms with Crippen molar-refractivity contribution in [2.75, 3.05) is 5.32 Å². The zero-order valence-electron chi connectivity index (χ0n) is 11.5. The van der Waals surface area contributed by atoms with E-state index in [0.717, 1.165) is 20.7 Å². The minimum absolute atomic E-state index is 0.0662. The Morgan fingerprint density at radius 1 is 1.36 bits per heavy atom. The molecule has 3 aromatic rings. The number of nitrogens with one attached hydrogen (secondary N) is 1. The lowest BCUT2D eigenvalue weighted by atomic mass is 10.2. The van der Waals surface area contributed by atoms with Gasteiger partial charge in [0.15, 0.2) is 0 Å². The minimum atomic E-state index is -0.411. The summed E-state index contributed by atoms with van der Waals surface area (Å²) in [6, 6.07) is 8.47. The fourth-order valence-corrected chi connectivity index (χ4v) is 3.22. The van der Waals surface area contributed by atoms with Gasteiger partial charge in [-0.05, 0) is 30.2 Å². The van der Waals surface area contributed by atoms with E-state index in [0.29, 0.717) is 12.4 Å². The number of aryl methyl sites for hydroxylation is 1. The molecule has 22 heavy (non-hydrogen) atoms. The number of halogens is 1. The first-order chi connectivity index (χ1) is 10.5. The average Bonchev–Trinajstić information content (AvgIpc) is 2.85. The molecule has 2 heterocycles. The summed E-state index contributed by atoms with van der Waals surface area (Å²) >= 11 is 7.48. The molecule has 0 amide bonds. The highest BCUT2D eigenvalue weighted by atomic mass is 35.5. The van der Waals surface area contributed by atoms with Gasteiger partial charge in [0.1, 0.15) is 10.6 Å². The third-order valence-corrected chi connectivity index (χ3v) is 4.18. The van der Waals surface area contributed by atoms with Crippen molar-refractivity contribution in [1.29, 1.82) is 0 Å². The number of hydrogen-bond donors (Lipinski definition) is 1. The van der Waals surface area contributed by atoms with Crippen LogP contribution >= 0.6 is 22.9 Å². The van der Waals surface area contributed by atoms with Crippen LogP contribution in [0.25, 0.3) is 10.2 Å². The molecule has 0 unspecified atom stereocenters. The third-order valence-electron chi connectivity index (χ3n) is 3.07. The predicted molar refractivity (Wildman–Crippen MR) is 87.6 cm³/mol. The third kappa shape index (κ3) is 3.00. The number of aromatic nitrogens is 2. The molecule has 0 spiro atoms. The first kappa shape index (κ1) is 14.7. The van der Waals surface area contributed by atoms with Gasteiger partial charge in [-0.15, -0.1) is 11.3 Å². The van der Waals surface area contributed by atoms with Crippen LogP contribution in [-0.2, 0) is 6.54 Å². The van der Waals surface area contributed by atoms with E-state index in [4.69, 9.17) is 11.6 Å². The highest BCUT2D eigenvalue weighted by Gasteiger charge is 2.10. The van der Waals surface area contributed by atoms with Crippen LogP contribution in [-0.4, -0.2) is 14.9 Å². The van der Waals surface area contributed by atoms with Crippen LogP contribution in [0.15, 0.2) is 30.3 Å². The van der Waals surface area contributed by atoms with Gasteiger partial charge < -0.3 is 5.32 Å². The summed E-state index contributed by atoms with van der Waals surface area (Å²) in [5.41, 5.74) is 0.862. The molecule has 2 aromatic heterocycles. The SMILES string of the molecule is Cc1cc2c(NCc3cccc([N+](=O)[O-])c3)nc(Cl)nc2s1. The first-order valence-electron chi connectivity index (χ1n) is 6.44. The molecule has 3 rings (SSSR count). The van der Waals surface area contributed by atoms with Gasteiger partial charge >= 0.3 is 0 Å². The normalized spacial score (nSPS) is 10.8. The molecule has 0 saturated carbocycles. The van der Waals surface area contributed by atoms with Gasteiger partial charge in [-0.25, -0.2) is 9.97 Å². The van der Waals surface area contributed by atoms with Gasteiger partial charge in [0, 0.05) is 23.6 Å². The van der Waals surface area contributed by atoms with E-state index in [1.807, 2.05) is 19.1 Å². The molecule has 0 radical (unpaired) electrons. The van der Waals surface area contributed by atoms with E-state index >= 15 is 0 Å². The van der Waals surface area contributed by atoms with Crippen molar-refractivity contribution in [1.82, 2.24) is 9.97 Å². The van der Waals surface area contributed by atoms with Crippen LogP contribution in [0, 0.1) is 17.0 Å². The maximum absolute atomic E-state index is 10.8. The van der Waals surface area contributed by atoms with Crippen molar-refractivity contribution < 1.29 is 4.92 Å². The Labute approximate surface area is 134 Å². The molecular formula is C14H11ClN4O2S. The lowest BCUT2D eigenvalue weighted by Crippen LogP contribution is -2.03. The van der Waals surface area contributed by atoms with Crippen LogP contribution in [0.5, 0.6) is 0 Å². The Hall–Kier alpha value is -2.25. The first-order valence-corrected chi connectivity index (χ1v) is 7.63. The summed E-state index contributed by atoms with van der Waals surface area (Å²) in [5.74, 6) is 0.630. The zero-order valence-corrected chi connectivity index (χ0v) is 13.1. The van der Waals surface area contributed by atoms with Gasteiger partial charge in [0.05, 0.1) is 10.3 Å². The summed E-state index contributed by atoms with van der Waals surface area (Å²) < 4.78 is 0. The van der Waals surface area contributed by atoms with Crippen molar-refractivity contribution in [2.24, 2.45) is 0 Å². The number of nitro groups is 1. The second kappa shape index (κ2) is 5.86. The highest BCUT2D eigenvalue weighted by Crippen LogP contribution is 2.29. The summed E-state index contributed by atoms with van der Waals surface area (Å²) in [7, 11) is 0. The fraction of sp³-hybridized carbons (Fsp3) is 0.143. The number of nitro benzene ring substituents is 1. The number of thiophene rings is 1. The topological polar surface area (TPSA) is 81.0 Å². The monoisotopic (exact) mass is 334 g/mol. The molecular weight excluding hydrogens is 324 g/mol. The van der Waals surface area contributed by atoms with Crippen LogP contribution in [0.2, 0.25) is 5.28 Å². The van der Waals surface area contributed by atoms with E-state index < -0.39 is 4.92 Å². The number of non-ortho nitro benzene ring substituents is 1. The quantitative estimate of drug-likeness (QED) is 0.440. The van der Waals surface area contributed by atoms with Crippen LogP contribution in [0.3, 0.4) is 0 Å². The van der Waals surface area contributed by atoms with Crippen LogP contribution in [0.4, 0.5) is 11.5 Å². The van der Waals surface area contributed by atoms with Gasteiger partial charge in [0.25, 0.3) is 5.69 Å². The molecule has 0 aliphatic heterocycles. The second-order valence-electron chi connectivity index (χ2n) is 4.70. The summed E-state index contributed by atoms with van der Waals surface area (Å²) in [4.78, 5) is 20.7. The van der Waals surface area contributed by atoms with Gasteiger partial charge in [-0.3, -0.25) is 10.1 Å². The molecule has 0 saturated heterocycles. The molecule has 0 bridgehead atoms. The van der Waals surface area contributed by atoms with Gasteiger partial charge in [-0.1, -0.05) is 12.1 Å². The lowest BCUT2D eigenvalue weighted by Gasteiger charge is -2.07. The Balaban J connectivity index is 1.87. The highest BCUT2D eigenvalue weighted by molar-refractivity contribution is 7.18. The second-order valence-corrected chi connectivity index (χ2v) is 6.27. The maximum atomic E-state index is 10.8. The number of rotatable bonds is 4. The molecule has 112 valence electrons. The smallest absolute Gasteiger partial charge is 0.269 e. The number of benzene rings is 1. The Morgan fingerprint density at radius 3 is 2.95 bits per heavy atom. The number of anilines is 1. The number of nitrogens with zero attached hydrogens (tertiary/aromatic N) is 3. The van der Waals surface area contributed by atoms with E-state index in [1.54, 1.807) is 17.4 Å². The van der Waals surface area contributed by atoms with Gasteiger partial charge in [0.2, 0.25) is 5.28 Å². The standard InChI is InChI=1S/C14H11ClN4O2S/c1-8-5-11-12(17-14(15)18-13(11)22-8)16-7-9-3-2-4-10(6-9)19(20)21/h2-6H,7H2,1H3,(H,16,17,18). The molecule has 1 N–H and O–H groups in total.